The minimum atomic E-state index is -1.81. The van der Waals surface area contributed by atoms with Gasteiger partial charge in [0.25, 0.3) is 11.8 Å². The van der Waals surface area contributed by atoms with Gasteiger partial charge in [-0.15, -0.1) is 0 Å². The first-order valence-electron chi connectivity index (χ1n) is 5.93. The summed E-state index contributed by atoms with van der Waals surface area (Å²) in [7, 11) is -1.81. The van der Waals surface area contributed by atoms with Crippen molar-refractivity contribution in [3.8, 4) is 5.75 Å². The first kappa shape index (κ1) is 13.5. The molecule has 0 aliphatic carbocycles. The van der Waals surface area contributed by atoms with Crippen molar-refractivity contribution in [1.29, 1.82) is 0 Å². The van der Waals surface area contributed by atoms with Crippen LogP contribution >= 0.6 is 0 Å². The molecule has 0 saturated heterocycles. The van der Waals surface area contributed by atoms with Gasteiger partial charge in [-0.2, -0.15) is 0 Å². The molecule has 2 amide bonds. The second-order valence-corrected chi connectivity index (χ2v) is 10.5. The van der Waals surface area contributed by atoms with E-state index in [0.29, 0.717) is 0 Å². The maximum atomic E-state index is 11.8. The zero-order valence-corrected chi connectivity index (χ0v) is 12.3. The smallest absolute Gasteiger partial charge is 0.308 e. The van der Waals surface area contributed by atoms with Crippen LogP contribution in [0.4, 0.5) is 0 Å². The summed E-state index contributed by atoms with van der Waals surface area (Å²) >= 11 is 0. The van der Waals surface area contributed by atoms with E-state index in [1.165, 1.54) is 6.92 Å². The Bertz CT molecular complexity index is 601. The Morgan fingerprint density at radius 1 is 1.16 bits per heavy atom. The topological polar surface area (TPSA) is 72.5 Å². The summed E-state index contributed by atoms with van der Waals surface area (Å²) in [5, 5.41) is 3.07. The molecule has 1 heterocycles. The van der Waals surface area contributed by atoms with Crippen molar-refractivity contribution in [2.24, 2.45) is 0 Å². The van der Waals surface area contributed by atoms with E-state index in [4.69, 9.17) is 4.74 Å². The Balaban J connectivity index is 2.73. The summed E-state index contributed by atoms with van der Waals surface area (Å²) in [6.07, 6.45) is 0. The van der Waals surface area contributed by atoms with E-state index in [9.17, 15) is 14.4 Å². The van der Waals surface area contributed by atoms with Crippen molar-refractivity contribution < 1.29 is 19.1 Å². The van der Waals surface area contributed by atoms with E-state index in [2.05, 4.69) is 25.0 Å². The molecular weight excluding hydrogens is 262 g/mol. The maximum absolute atomic E-state index is 11.8. The van der Waals surface area contributed by atoms with Gasteiger partial charge in [0, 0.05) is 6.92 Å². The van der Waals surface area contributed by atoms with Gasteiger partial charge in [0.2, 0.25) is 0 Å². The van der Waals surface area contributed by atoms with Gasteiger partial charge in [-0.3, -0.25) is 19.7 Å². The van der Waals surface area contributed by atoms with Gasteiger partial charge in [0.15, 0.2) is 0 Å². The van der Waals surface area contributed by atoms with Crippen LogP contribution in [-0.2, 0) is 4.79 Å². The molecule has 0 bridgehead atoms. The summed E-state index contributed by atoms with van der Waals surface area (Å²) in [4.78, 5) is 34.7. The second-order valence-electron chi connectivity index (χ2n) is 5.49. The molecule has 0 aromatic heterocycles. The van der Waals surface area contributed by atoms with Gasteiger partial charge in [0.05, 0.1) is 19.2 Å². The molecule has 0 fully saturated rings. The highest BCUT2D eigenvalue weighted by atomic mass is 28.3. The van der Waals surface area contributed by atoms with Gasteiger partial charge in [-0.05, 0) is 11.3 Å². The van der Waals surface area contributed by atoms with E-state index < -0.39 is 25.9 Å². The fourth-order valence-corrected chi connectivity index (χ4v) is 3.51. The van der Waals surface area contributed by atoms with Crippen molar-refractivity contribution in [2.75, 3.05) is 0 Å². The third-order valence-corrected chi connectivity index (χ3v) is 4.92. The molecule has 1 aromatic carbocycles. The van der Waals surface area contributed by atoms with Crippen LogP contribution in [0, 0.1) is 0 Å². The van der Waals surface area contributed by atoms with Gasteiger partial charge in [-0.25, -0.2) is 0 Å². The maximum Gasteiger partial charge on any atom is 0.308 e. The van der Waals surface area contributed by atoms with E-state index in [0.717, 1.165) is 5.19 Å². The van der Waals surface area contributed by atoms with Crippen LogP contribution in [0.5, 0.6) is 5.75 Å². The molecule has 0 unspecified atom stereocenters. The number of rotatable bonds is 2. The third kappa shape index (κ3) is 2.31. The standard InChI is InChI=1S/C13H15NO4Si/c1-7(15)18-11-9(19(2,3)4)6-5-8-10(11)13(17)14-12(8)16/h5-6H,1-4H3,(H,14,16,17). The zero-order chi connectivity index (χ0) is 14.4. The van der Waals surface area contributed by atoms with Crippen molar-refractivity contribution in [3.05, 3.63) is 23.3 Å². The molecule has 19 heavy (non-hydrogen) atoms. The fraction of sp³-hybridized carbons (Fsp3) is 0.308. The molecule has 0 saturated carbocycles. The Hall–Kier alpha value is -1.95. The number of esters is 1. The number of ether oxygens (including phenoxy) is 1. The molecule has 0 spiro atoms. The van der Waals surface area contributed by atoms with E-state index in [-0.39, 0.29) is 16.9 Å². The molecule has 0 atom stereocenters. The Labute approximate surface area is 112 Å². The highest BCUT2D eigenvalue weighted by Crippen LogP contribution is 2.27. The molecule has 1 aromatic rings. The summed E-state index contributed by atoms with van der Waals surface area (Å²) in [5.74, 6) is -1.21. The van der Waals surface area contributed by atoms with Crippen LogP contribution in [0.2, 0.25) is 19.6 Å². The van der Waals surface area contributed by atoms with E-state index >= 15 is 0 Å². The van der Waals surface area contributed by atoms with Crippen molar-refractivity contribution in [1.82, 2.24) is 5.32 Å². The average Bonchev–Trinajstić information content (AvgIpc) is 2.52. The normalized spacial score (nSPS) is 14.1. The van der Waals surface area contributed by atoms with Gasteiger partial charge in [-0.1, -0.05) is 25.7 Å². The predicted octanol–water partition coefficient (Wildman–Crippen LogP) is 1.04. The van der Waals surface area contributed by atoms with Gasteiger partial charge < -0.3 is 4.74 Å². The van der Waals surface area contributed by atoms with Crippen LogP contribution in [0.1, 0.15) is 27.6 Å². The number of carbonyl (C=O) groups is 3. The number of benzene rings is 1. The van der Waals surface area contributed by atoms with Crippen LogP contribution in [-0.4, -0.2) is 25.9 Å². The summed E-state index contributed by atoms with van der Waals surface area (Å²) in [5.41, 5.74) is 0.448. The fourth-order valence-electron chi connectivity index (χ4n) is 2.07. The van der Waals surface area contributed by atoms with Crippen LogP contribution in [0.3, 0.4) is 0 Å². The molecule has 2 rings (SSSR count). The lowest BCUT2D eigenvalue weighted by atomic mass is 10.1. The third-order valence-electron chi connectivity index (χ3n) is 2.91. The van der Waals surface area contributed by atoms with E-state index in [1.54, 1.807) is 12.1 Å². The summed E-state index contributed by atoms with van der Waals surface area (Å²) < 4.78 is 5.22. The quantitative estimate of drug-likeness (QED) is 0.379. The lowest BCUT2D eigenvalue weighted by Crippen LogP contribution is -2.40. The Morgan fingerprint density at radius 3 is 2.32 bits per heavy atom. The number of fused-ring (bicyclic) bond motifs is 1. The number of nitrogens with one attached hydrogen (secondary N) is 1. The first-order valence-corrected chi connectivity index (χ1v) is 9.43. The SMILES string of the molecule is CC(=O)Oc1c([Si](C)(C)C)ccc2c1C(=O)NC2=O. The van der Waals surface area contributed by atoms with Gasteiger partial charge >= 0.3 is 5.97 Å². The predicted molar refractivity (Wildman–Crippen MR) is 72.5 cm³/mol. The largest absolute Gasteiger partial charge is 0.426 e. The number of hydrogen-bond donors (Lipinski definition) is 1. The minimum absolute atomic E-state index is 0.181. The number of imide groups is 1. The van der Waals surface area contributed by atoms with Crippen LogP contribution in [0.15, 0.2) is 12.1 Å². The van der Waals surface area contributed by atoms with Crippen molar-refractivity contribution >= 4 is 31.0 Å². The second kappa shape index (κ2) is 4.31. The number of carbonyl (C=O) groups excluding carboxylic acids is 3. The summed E-state index contributed by atoms with van der Waals surface area (Å²) in [6.45, 7) is 7.52. The number of hydrogen-bond acceptors (Lipinski definition) is 4. The first-order chi connectivity index (χ1) is 8.71. The molecule has 0 radical (unpaired) electrons. The highest BCUT2D eigenvalue weighted by molar-refractivity contribution is 6.89. The van der Waals surface area contributed by atoms with Crippen LogP contribution < -0.4 is 15.2 Å². The lowest BCUT2D eigenvalue weighted by Gasteiger charge is -2.21. The van der Waals surface area contributed by atoms with Gasteiger partial charge in [0.1, 0.15) is 5.75 Å². The molecule has 100 valence electrons. The summed E-state index contributed by atoms with van der Waals surface area (Å²) in [6, 6.07) is 3.40. The molecular formula is C13H15NO4Si. The van der Waals surface area contributed by atoms with Crippen LogP contribution in [0.25, 0.3) is 0 Å². The van der Waals surface area contributed by atoms with Crippen molar-refractivity contribution in [2.45, 2.75) is 26.6 Å². The monoisotopic (exact) mass is 277 g/mol. The number of amides is 2. The average molecular weight is 277 g/mol. The molecule has 1 N–H and O–H groups in total. The molecule has 5 nitrogen and oxygen atoms in total. The lowest BCUT2D eigenvalue weighted by molar-refractivity contribution is -0.131. The Morgan fingerprint density at radius 2 is 1.79 bits per heavy atom. The molecule has 1 aliphatic heterocycles. The van der Waals surface area contributed by atoms with Crippen molar-refractivity contribution in [3.63, 3.8) is 0 Å². The van der Waals surface area contributed by atoms with E-state index in [1.807, 2.05) is 0 Å². The zero-order valence-electron chi connectivity index (χ0n) is 11.3. The molecule has 6 heteroatoms. The minimum Gasteiger partial charge on any atom is -0.426 e. The molecule has 1 aliphatic rings. The highest BCUT2D eigenvalue weighted by Gasteiger charge is 2.35. The Kier molecular flexibility index (Phi) is 3.05.